The van der Waals surface area contributed by atoms with Crippen molar-refractivity contribution >= 4 is 5.91 Å². The van der Waals surface area contributed by atoms with Crippen molar-refractivity contribution in [2.75, 3.05) is 7.11 Å². The molecule has 0 fully saturated rings. The van der Waals surface area contributed by atoms with Crippen LogP contribution in [0, 0.1) is 0 Å². The number of ether oxygens (including phenoxy) is 1. The van der Waals surface area contributed by atoms with E-state index >= 15 is 0 Å². The lowest BCUT2D eigenvalue weighted by Crippen LogP contribution is -2.23. The Balaban J connectivity index is 0.00000264. The van der Waals surface area contributed by atoms with Gasteiger partial charge in [-0.1, -0.05) is 0 Å². The maximum absolute atomic E-state index is 12.9. The molecule has 0 radical (unpaired) electrons. The van der Waals surface area contributed by atoms with E-state index in [1.165, 1.54) is 6.07 Å². The zero-order chi connectivity index (χ0) is 16.2. The number of rotatable bonds is 4. The Bertz CT molecular complexity index is 661. The second-order valence-electron chi connectivity index (χ2n) is 4.45. The predicted molar refractivity (Wildman–Crippen MR) is 77.0 cm³/mol. The standard InChI is InChI=1S/C15H13F3N2O2.H2O/c1-22-13-3-2-11(8-12(13)15(16,17)18)14(21)20-9-10-4-6-19-7-5-10;/h2-8H,9H2,1H3,(H,20,21);1H2. The van der Waals surface area contributed by atoms with E-state index in [9.17, 15) is 18.0 Å². The highest BCUT2D eigenvalue weighted by atomic mass is 19.4. The normalized spacial score (nSPS) is 10.6. The summed E-state index contributed by atoms with van der Waals surface area (Å²) < 4.78 is 43.4. The van der Waals surface area contributed by atoms with E-state index in [4.69, 9.17) is 0 Å². The van der Waals surface area contributed by atoms with E-state index < -0.39 is 17.6 Å². The van der Waals surface area contributed by atoms with Crippen LogP contribution < -0.4 is 10.1 Å². The van der Waals surface area contributed by atoms with Gasteiger partial charge >= 0.3 is 6.18 Å². The summed E-state index contributed by atoms with van der Waals surface area (Å²) in [7, 11) is 1.15. The molecule has 2 aromatic rings. The molecule has 124 valence electrons. The molecule has 0 aliphatic rings. The summed E-state index contributed by atoms with van der Waals surface area (Å²) in [5, 5.41) is 2.56. The van der Waals surface area contributed by atoms with Crippen LogP contribution in [-0.2, 0) is 12.7 Å². The zero-order valence-corrected chi connectivity index (χ0v) is 12.1. The number of hydrogen-bond donors (Lipinski definition) is 1. The third-order valence-electron chi connectivity index (χ3n) is 2.97. The van der Waals surface area contributed by atoms with Gasteiger partial charge in [0.2, 0.25) is 0 Å². The van der Waals surface area contributed by atoms with Gasteiger partial charge in [0.25, 0.3) is 5.91 Å². The lowest BCUT2D eigenvalue weighted by molar-refractivity contribution is -0.138. The second kappa shape index (κ2) is 7.59. The summed E-state index contributed by atoms with van der Waals surface area (Å²) in [6.07, 6.45) is -1.46. The predicted octanol–water partition coefficient (Wildman–Crippen LogP) is 2.21. The number of amides is 1. The third kappa shape index (κ3) is 4.68. The van der Waals surface area contributed by atoms with Crippen molar-refractivity contribution in [3.05, 3.63) is 59.4 Å². The zero-order valence-electron chi connectivity index (χ0n) is 12.1. The topological polar surface area (TPSA) is 82.7 Å². The Morgan fingerprint density at radius 3 is 2.43 bits per heavy atom. The number of methoxy groups -OCH3 is 1. The summed E-state index contributed by atoms with van der Waals surface area (Å²) >= 11 is 0. The highest BCUT2D eigenvalue weighted by molar-refractivity contribution is 5.94. The summed E-state index contributed by atoms with van der Waals surface area (Å²) in [6, 6.07) is 6.60. The minimum absolute atomic E-state index is 0. The van der Waals surface area contributed by atoms with E-state index in [0.29, 0.717) is 0 Å². The first-order valence-corrected chi connectivity index (χ1v) is 6.34. The fourth-order valence-electron chi connectivity index (χ4n) is 1.86. The minimum atomic E-state index is -4.59. The molecule has 0 atom stereocenters. The van der Waals surface area contributed by atoms with Crippen molar-refractivity contribution in [3.8, 4) is 5.75 Å². The van der Waals surface area contributed by atoms with Crippen LogP contribution in [0.1, 0.15) is 21.5 Å². The van der Waals surface area contributed by atoms with Crippen LogP contribution >= 0.6 is 0 Å². The highest BCUT2D eigenvalue weighted by Gasteiger charge is 2.35. The number of hydrogen-bond acceptors (Lipinski definition) is 3. The molecule has 1 amide bonds. The first kappa shape index (κ1) is 18.4. The van der Waals surface area contributed by atoms with Gasteiger partial charge in [-0.3, -0.25) is 9.78 Å². The van der Waals surface area contributed by atoms with E-state index in [-0.39, 0.29) is 23.3 Å². The van der Waals surface area contributed by atoms with Gasteiger partial charge in [0, 0.05) is 24.5 Å². The molecule has 0 aliphatic heterocycles. The fourth-order valence-corrected chi connectivity index (χ4v) is 1.86. The van der Waals surface area contributed by atoms with Gasteiger partial charge < -0.3 is 15.5 Å². The number of halogens is 3. The number of nitrogens with zero attached hydrogens (tertiary/aromatic N) is 1. The van der Waals surface area contributed by atoms with Crippen molar-refractivity contribution in [1.82, 2.24) is 10.3 Å². The Kier molecular flexibility index (Phi) is 6.09. The monoisotopic (exact) mass is 328 g/mol. The van der Waals surface area contributed by atoms with Gasteiger partial charge in [-0.25, -0.2) is 0 Å². The molecular weight excluding hydrogens is 313 g/mol. The van der Waals surface area contributed by atoms with Gasteiger partial charge in [-0.05, 0) is 35.9 Å². The van der Waals surface area contributed by atoms with Crippen molar-refractivity contribution in [3.63, 3.8) is 0 Å². The maximum atomic E-state index is 12.9. The van der Waals surface area contributed by atoms with Crippen LogP contribution in [0.3, 0.4) is 0 Å². The summed E-state index contributed by atoms with van der Waals surface area (Å²) in [4.78, 5) is 15.8. The average molecular weight is 328 g/mol. The van der Waals surface area contributed by atoms with Crippen LogP contribution in [0.25, 0.3) is 0 Å². The van der Waals surface area contributed by atoms with E-state index in [1.807, 2.05) is 0 Å². The number of carbonyl (C=O) groups is 1. The molecule has 1 heterocycles. The minimum Gasteiger partial charge on any atom is -0.496 e. The summed E-state index contributed by atoms with van der Waals surface area (Å²) in [5.41, 5.74) is -0.262. The van der Waals surface area contributed by atoms with Crippen LogP contribution in [0.2, 0.25) is 0 Å². The first-order chi connectivity index (χ1) is 10.4. The Hall–Kier alpha value is -2.61. The molecule has 0 spiro atoms. The number of carbonyl (C=O) groups excluding carboxylic acids is 1. The number of alkyl halides is 3. The second-order valence-corrected chi connectivity index (χ2v) is 4.45. The van der Waals surface area contributed by atoms with Crippen LogP contribution in [0.15, 0.2) is 42.7 Å². The highest BCUT2D eigenvalue weighted by Crippen LogP contribution is 2.36. The number of nitrogens with one attached hydrogen (secondary N) is 1. The Morgan fingerprint density at radius 2 is 1.87 bits per heavy atom. The van der Waals surface area contributed by atoms with Crippen molar-refractivity contribution in [2.24, 2.45) is 0 Å². The summed E-state index contributed by atoms with van der Waals surface area (Å²) in [5.74, 6) is -0.914. The molecule has 1 aromatic heterocycles. The number of aromatic nitrogens is 1. The number of pyridine rings is 1. The van der Waals surface area contributed by atoms with Gasteiger partial charge in [-0.15, -0.1) is 0 Å². The molecule has 0 saturated heterocycles. The maximum Gasteiger partial charge on any atom is 0.419 e. The average Bonchev–Trinajstić information content (AvgIpc) is 2.52. The lowest BCUT2D eigenvalue weighted by Gasteiger charge is -2.13. The molecule has 0 bridgehead atoms. The van der Waals surface area contributed by atoms with E-state index in [1.54, 1.807) is 24.5 Å². The molecule has 8 heteroatoms. The fraction of sp³-hybridized carbons (Fsp3) is 0.200. The van der Waals surface area contributed by atoms with Crippen molar-refractivity contribution in [2.45, 2.75) is 12.7 Å². The molecule has 0 unspecified atom stereocenters. The van der Waals surface area contributed by atoms with Crippen molar-refractivity contribution in [1.29, 1.82) is 0 Å². The molecule has 1 aromatic carbocycles. The van der Waals surface area contributed by atoms with Crippen LogP contribution in [-0.4, -0.2) is 23.5 Å². The largest absolute Gasteiger partial charge is 0.496 e. The SMILES string of the molecule is COc1ccc(C(=O)NCc2ccncc2)cc1C(F)(F)F.O. The Labute approximate surface area is 130 Å². The molecule has 2 rings (SSSR count). The Morgan fingerprint density at radius 1 is 1.22 bits per heavy atom. The first-order valence-electron chi connectivity index (χ1n) is 6.34. The van der Waals surface area contributed by atoms with E-state index in [0.717, 1.165) is 24.8 Å². The molecular formula is C15H15F3N2O3. The molecule has 23 heavy (non-hydrogen) atoms. The van der Waals surface area contributed by atoms with Crippen molar-refractivity contribution < 1.29 is 28.2 Å². The number of benzene rings is 1. The molecule has 0 aliphatic carbocycles. The summed E-state index contributed by atoms with van der Waals surface area (Å²) in [6.45, 7) is 0.203. The van der Waals surface area contributed by atoms with Gasteiger partial charge in [0.1, 0.15) is 5.75 Å². The third-order valence-corrected chi connectivity index (χ3v) is 2.97. The van der Waals surface area contributed by atoms with Crippen LogP contribution in [0.5, 0.6) is 5.75 Å². The quantitative estimate of drug-likeness (QED) is 0.934. The smallest absolute Gasteiger partial charge is 0.419 e. The molecule has 5 nitrogen and oxygen atoms in total. The molecule has 0 saturated carbocycles. The van der Waals surface area contributed by atoms with E-state index in [2.05, 4.69) is 15.0 Å². The lowest BCUT2D eigenvalue weighted by atomic mass is 10.1. The van der Waals surface area contributed by atoms with Gasteiger partial charge in [0.15, 0.2) is 0 Å². The van der Waals surface area contributed by atoms with Gasteiger partial charge in [0.05, 0.1) is 12.7 Å². The van der Waals surface area contributed by atoms with Crippen LogP contribution in [0.4, 0.5) is 13.2 Å². The molecule has 3 N–H and O–H groups in total. The van der Waals surface area contributed by atoms with Gasteiger partial charge in [-0.2, -0.15) is 13.2 Å².